The van der Waals surface area contributed by atoms with Crippen LogP contribution in [0.3, 0.4) is 0 Å². The van der Waals surface area contributed by atoms with Crippen LogP contribution in [0.5, 0.6) is 0 Å². The second-order valence-electron chi connectivity index (χ2n) is 5.55. The third-order valence-corrected chi connectivity index (χ3v) is 4.24. The predicted molar refractivity (Wildman–Crippen MR) is 77.9 cm³/mol. The summed E-state index contributed by atoms with van der Waals surface area (Å²) >= 11 is 0. The summed E-state index contributed by atoms with van der Waals surface area (Å²) in [5.74, 6) is 0.250. The highest BCUT2D eigenvalue weighted by Crippen LogP contribution is 2.29. The van der Waals surface area contributed by atoms with Crippen molar-refractivity contribution in [3.05, 3.63) is 29.8 Å². The Kier molecular flexibility index (Phi) is 3.56. The Bertz CT molecular complexity index is 460. The SMILES string of the molecule is CCC(=O)c1ccccc1N1CCN(C2CC2)CC1. The lowest BCUT2D eigenvalue weighted by Gasteiger charge is -2.37. The zero-order valence-corrected chi connectivity index (χ0v) is 11.6. The van der Waals surface area contributed by atoms with Gasteiger partial charge in [0.25, 0.3) is 0 Å². The molecule has 0 spiro atoms. The van der Waals surface area contributed by atoms with Gasteiger partial charge in [0.05, 0.1) is 0 Å². The number of piperazine rings is 1. The van der Waals surface area contributed by atoms with Gasteiger partial charge in [-0.3, -0.25) is 9.69 Å². The van der Waals surface area contributed by atoms with Crippen molar-refractivity contribution in [2.45, 2.75) is 32.2 Å². The van der Waals surface area contributed by atoms with Gasteiger partial charge in [-0.2, -0.15) is 0 Å². The molecule has 0 radical (unpaired) electrons. The number of hydrogen-bond donors (Lipinski definition) is 0. The van der Waals surface area contributed by atoms with Crippen LogP contribution >= 0.6 is 0 Å². The molecule has 19 heavy (non-hydrogen) atoms. The zero-order valence-electron chi connectivity index (χ0n) is 11.6. The van der Waals surface area contributed by atoms with Crippen molar-refractivity contribution in [3.63, 3.8) is 0 Å². The van der Waals surface area contributed by atoms with E-state index in [0.717, 1.165) is 43.5 Å². The first-order valence-electron chi connectivity index (χ1n) is 7.41. The van der Waals surface area contributed by atoms with Gasteiger partial charge in [0.2, 0.25) is 0 Å². The third kappa shape index (κ3) is 2.66. The van der Waals surface area contributed by atoms with Crippen molar-refractivity contribution < 1.29 is 4.79 Å². The van der Waals surface area contributed by atoms with Crippen molar-refractivity contribution in [2.75, 3.05) is 31.1 Å². The summed E-state index contributed by atoms with van der Waals surface area (Å²) in [6.07, 6.45) is 3.34. The molecule has 3 heteroatoms. The Balaban J connectivity index is 1.73. The van der Waals surface area contributed by atoms with Gasteiger partial charge in [0, 0.05) is 49.9 Å². The predicted octanol–water partition coefficient (Wildman–Crippen LogP) is 2.56. The molecule has 0 unspecified atom stereocenters. The smallest absolute Gasteiger partial charge is 0.164 e. The molecule has 1 heterocycles. The Morgan fingerprint density at radius 2 is 1.84 bits per heavy atom. The summed E-state index contributed by atoms with van der Waals surface area (Å²) in [5, 5.41) is 0. The number of para-hydroxylation sites is 1. The molecular formula is C16H22N2O. The first-order valence-corrected chi connectivity index (χ1v) is 7.41. The lowest BCUT2D eigenvalue weighted by Crippen LogP contribution is -2.47. The number of carbonyl (C=O) groups is 1. The van der Waals surface area contributed by atoms with Gasteiger partial charge in [0.15, 0.2) is 5.78 Å². The molecule has 1 aromatic rings. The average Bonchev–Trinajstić information content (AvgIpc) is 3.31. The van der Waals surface area contributed by atoms with Crippen molar-refractivity contribution in [1.29, 1.82) is 0 Å². The van der Waals surface area contributed by atoms with Gasteiger partial charge >= 0.3 is 0 Å². The maximum absolute atomic E-state index is 12.0. The fourth-order valence-corrected chi connectivity index (χ4v) is 2.94. The van der Waals surface area contributed by atoms with Gasteiger partial charge < -0.3 is 4.90 Å². The lowest BCUT2D eigenvalue weighted by atomic mass is 10.1. The van der Waals surface area contributed by atoms with E-state index in [-0.39, 0.29) is 5.78 Å². The monoisotopic (exact) mass is 258 g/mol. The average molecular weight is 258 g/mol. The molecule has 1 aliphatic heterocycles. The van der Waals surface area contributed by atoms with Gasteiger partial charge in [-0.05, 0) is 25.0 Å². The van der Waals surface area contributed by atoms with Gasteiger partial charge in [-0.1, -0.05) is 19.1 Å². The molecule has 3 rings (SSSR count). The second-order valence-corrected chi connectivity index (χ2v) is 5.55. The summed E-state index contributed by atoms with van der Waals surface area (Å²) in [5.41, 5.74) is 2.02. The fraction of sp³-hybridized carbons (Fsp3) is 0.562. The maximum atomic E-state index is 12.0. The molecular weight excluding hydrogens is 236 g/mol. The van der Waals surface area contributed by atoms with Crippen LogP contribution < -0.4 is 4.90 Å². The summed E-state index contributed by atoms with van der Waals surface area (Å²) < 4.78 is 0. The minimum absolute atomic E-state index is 0.250. The summed E-state index contributed by atoms with van der Waals surface area (Å²) in [4.78, 5) is 17.0. The number of Topliss-reactive ketones (excluding diaryl/α,β-unsaturated/α-hetero) is 1. The Labute approximate surface area is 115 Å². The van der Waals surface area contributed by atoms with E-state index in [9.17, 15) is 4.79 Å². The number of anilines is 1. The first-order chi connectivity index (χ1) is 9.29. The molecule has 0 atom stereocenters. The molecule has 1 aromatic carbocycles. The number of benzene rings is 1. The molecule has 3 nitrogen and oxygen atoms in total. The quantitative estimate of drug-likeness (QED) is 0.776. The van der Waals surface area contributed by atoms with Crippen LogP contribution in [0.4, 0.5) is 5.69 Å². The molecule has 0 bridgehead atoms. The first kappa shape index (κ1) is 12.7. The Hall–Kier alpha value is -1.35. The Morgan fingerprint density at radius 3 is 2.47 bits per heavy atom. The highest BCUT2D eigenvalue weighted by molar-refractivity contribution is 6.01. The van der Waals surface area contributed by atoms with E-state index in [1.165, 1.54) is 12.8 Å². The van der Waals surface area contributed by atoms with Crippen molar-refractivity contribution in [2.24, 2.45) is 0 Å². The van der Waals surface area contributed by atoms with E-state index in [1.807, 2.05) is 25.1 Å². The largest absolute Gasteiger partial charge is 0.368 e. The topological polar surface area (TPSA) is 23.6 Å². The van der Waals surface area contributed by atoms with Crippen molar-refractivity contribution in [1.82, 2.24) is 4.90 Å². The highest BCUT2D eigenvalue weighted by Gasteiger charge is 2.31. The lowest BCUT2D eigenvalue weighted by molar-refractivity contribution is 0.0988. The molecule has 0 N–H and O–H groups in total. The number of carbonyl (C=O) groups excluding carboxylic acids is 1. The maximum Gasteiger partial charge on any atom is 0.164 e. The van der Waals surface area contributed by atoms with E-state index in [4.69, 9.17) is 0 Å². The van der Waals surface area contributed by atoms with Crippen LogP contribution in [0.25, 0.3) is 0 Å². The minimum atomic E-state index is 0.250. The van der Waals surface area contributed by atoms with Gasteiger partial charge in [-0.25, -0.2) is 0 Å². The molecule has 2 aliphatic rings. The van der Waals surface area contributed by atoms with Crippen molar-refractivity contribution >= 4 is 11.5 Å². The van der Waals surface area contributed by atoms with Crippen molar-refractivity contribution in [3.8, 4) is 0 Å². The van der Waals surface area contributed by atoms with E-state index < -0.39 is 0 Å². The standard InChI is InChI=1S/C16H22N2O/c1-2-16(19)14-5-3-4-6-15(14)18-11-9-17(10-12-18)13-7-8-13/h3-6,13H,2,7-12H2,1H3. The number of hydrogen-bond acceptors (Lipinski definition) is 3. The summed E-state index contributed by atoms with van der Waals surface area (Å²) in [6, 6.07) is 8.92. The number of rotatable bonds is 4. The molecule has 1 saturated heterocycles. The summed E-state index contributed by atoms with van der Waals surface area (Å²) in [6.45, 7) is 6.30. The third-order valence-electron chi connectivity index (χ3n) is 4.24. The van der Waals surface area contributed by atoms with Gasteiger partial charge in [-0.15, -0.1) is 0 Å². The number of ketones is 1. The van der Waals surface area contributed by atoms with Gasteiger partial charge in [0.1, 0.15) is 0 Å². The van der Waals surface area contributed by atoms with E-state index >= 15 is 0 Å². The van der Waals surface area contributed by atoms with E-state index in [0.29, 0.717) is 6.42 Å². The van der Waals surface area contributed by atoms with Crippen LogP contribution in [0.2, 0.25) is 0 Å². The molecule has 0 aromatic heterocycles. The highest BCUT2D eigenvalue weighted by atomic mass is 16.1. The molecule has 1 saturated carbocycles. The van der Waals surface area contributed by atoms with Crippen LogP contribution in [-0.4, -0.2) is 42.9 Å². The molecule has 102 valence electrons. The fourth-order valence-electron chi connectivity index (χ4n) is 2.94. The Morgan fingerprint density at radius 1 is 1.16 bits per heavy atom. The van der Waals surface area contributed by atoms with Crippen LogP contribution in [0.1, 0.15) is 36.5 Å². The summed E-state index contributed by atoms with van der Waals surface area (Å²) in [7, 11) is 0. The van der Waals surface area contributed by atoms with Crippen LogP contribution in [0, 0.1) is 0 Å². The molecule has 0 amide bonds. The minimum Gasteiger partial charge on any atom is -0.368 e. The van der Waals surface area contributed by atoms with E-state index in [2.05, 4.69) is 15.9 Å². The second kappa shape index (κ2) is 5.33. The zero-order chi connectivity index (χ0) is 13.2. The molecule has 1 aliphatic carbocycles. The normalized spacial score (nSPS) is 20.6. The van der Waals surface area contributed by atoms with E-state index in [1.54, 1.807) is 0 Å². The van der Waals surface area contributed by atoms with Crippen LogP contribution in [0.15, 0.2) is 24.3 Å². The number of nitrogens with zero attached hydrogens (tertiary/aromatic N) is 2. The van der Waals surface area contributed by atoms with Crippen LogP contribution in [-0.2, 0) is 0 Å². The molecule has 2 fully saturated rings.